The molecule has 2 rings (SSSR count). The number of nitrogens with zero attached hydrogens (tertiary/aromatic N) is 1. The lowest BCUT2D eigenvalue weighted by Gasteiger charge is -2.13. The Balaban J connectivity index is 1.81. The molecule has 82 valence electrons. The summed E-state index contributed by atoms with van der Waals surface area (Å²) >= 11 is 1.42. The van der Waals surface area contributed by atoms with Gasteiger partial charge in [0.25, 0.3) is 5.91 Å². The third-order valence-electron chi connectivity index (χ3n) is 2.89. The Morgan fingerprint density at radius 3 is 3.00 bits per heavy atom. The number of hydrogen-bond acceptors (Lipinski definition) is 4. The van der Waals surface area contributed by atoms with Gasteiger partial charge >= 0.3 is 0 Å². The molecule has 0 spiro atoms. The molecule has 0 radical (unpaired) electrons. The predicted octanol–water partition coefficient (Wildman–Crippen LogP) is 1.04. The van der Waals surface area contributed by atoms with E-state index in [0.717, 1.165) is 19.3 Å². The number of aromatic nitrogens is 1. The lowest BCUT2D eigenvalue weighted by molar-refractivity contribution is 0.0936. The van der Waals surface area contributed by atoms with Gasteiger partial charge in [0.2, 0.25) is 0 Å². The zero-order valence-corrected chi connectivity index (χ0v) is 9.22. The molecule has 1 aromatic heterocycles. The quantitative estimate of drug-likeness (QED) is 0.788. The van der Waals surface area contributed by atoms with Crippen LogP contribution in [0, 0.1) is 5.41 Å². The second-order valence-electron chi connectivity index (χ2n) is 4.03. The Morgan fingerprint density at radius 1 is 1.67 bits per heavy atom. The van der Waals surface area contributed by atoms with Crippen LogP contribution in [-0.4, -0.2) is 29.1 Å². The Bertz CT molecular complexity index is 333. The largest absolute Gasteiger partial charge is 0.396 e. The number of nitrogens with one attached hydrogen (secondary N) is 1. The summed E-state index contributed by atoms with van der Waals surface area (Å²) in [5.41, 5.74) is 2.30. The normalized spacial score (nSPS) is 17.4. The number of aliphatic hydroxyl groups excluding tert-OH is 1. The highest BCUT2D eigenvalue weighted by Crippen LogP contribution is 2.47. The number of rotatable bonds is 5. The number of carbonyl (C=O) groups is 1. The maximum Gasteiger partial charge on any atom is 0.270 e. The van der Waals surface area contributed by atoms with E-state index in [1.165, 1.54) is 11.3 Å². The van der Waals surface area contributed by atoms with Crippen LogP contribution in [0.15, 0.2) is 10.9 Å². The molecule has 1 fully saturated rings. The summed E-state index contributed by atoms with van der Waals surface area (Å²) < 4.78 is 0. The summed E-state index contributed by atoms with van der Waals surface area (Å²) in [5, 5.41) is 13.5. The average Bonchev–Trinajstić information content (AvgIpc) is 2.81. The highest BCUT2D eigenvalue weighted by Gasteiger charge is 2.41. The summed E-state index contributed by atoms with van der Waals surface area (Å²) in [7, 11) is 0. The standard InChI is InChI=1S/C10H14N2O2S/c13-4-3-10(1-2-10)6-11-9(14)8-5-15-7-12-8/h5,7,13H,1-4,6H2,(H,11,14). The van der Waals surface area contributed by atoms with E-state index in [1.807, 2.05) is 0 Å². The molecule has 0 saturated heterocycles. The Labute approximate surface area is 92.3 Å². The first kappa shape index (κ1) is 10.6. The summed E-state index contributed by atoms with van der Waals surface area (Å²) in [5.74, 6) is -0.111. The maximum absolute atomic E-state index is 11.6. The molecular weight excluding hydrogens is 212 g/mol. The molecule has 0 aliphatic heterocycles. The van der Waals surface area contributed by atoms with Gasteiger partial charge in [0.15, 0.2) is 0 Å². The monoisotopic (exact) mass is 226 g/mol. The molecule has 1 amide bonds. The summed E-state index contributed by atoms with van der Waals surface area (Å²) in [4.78, 5) is 15.5. The van der Waals surface area contributed by atoms with E-state index in [4.69, 9.17) is 5.11 Å². The van der Waals surface area contributed by atoms with Gasteiger partial charge in [-0.05, 0) is 24.7 Å². The van der Waals surface area contributed by atoms with Crippen molar-refractivity contribution in [1.82, 2.24) is 10.3 Å². The Morgan fingerprint density at radius 2 is 2.47 bits per heavy atom. The molecule has 0 unspecified atom stereocenters. The molecule has 1 aliphatic rings. The van der Waals surface area contributed by atoms with Gasteiger partial charge in [-0.2, -0.15) is 0 Å². The fraction of sp³-hybridized carbons (Fsp3) is 0.600. The van der Waals surface area contributed by atoms with Gasteiger partial charge in [-0.3, -0.25) is 4.79 Å². The summed E-state index contributed by atoms with van der Waals surface area (Å²) in [6.07, 6.45) is 2.99. The molecule has 0 aromatic carbocycles. The van der Waals surface area contributed by atoms with Crippen LogP contribution in [0.2, 0.25) is 0 Å². The highest BCUT2D eigenvalue weighted by molar-refractivity contribution is 7.07. The third-order valence-corrected chi connectivity index (χ3v) is 3.47. The van der Waals surface area contributed by atoms with Gasteiger partial charge in [0, 0.05) is 18.5 Å². The topological polar surface area (TPSA) is 62.2 Å². The van der Waals surface area contributed by atoms with Crippen molar-refractivity contribution in [3.63, 3.8) is 0 Å². The van der Waals surface area contributed by atoms with Crippen molar-refractivity contribution in [2.45, 2.75) is 19.3 Å². The molecule has 1 heterocycles. The fourth-order valence-corrected chi connectivity index (χ4v) is 2.14. The zero-order valence-electron chi connectivity index (χ0n) is 8.40. The van der Waals surface area contributed by atoms with Crippen LogP contribution < -0.4 is 5.32 Å². The molecular formula is C10H14N2O2S. The molecule has 4 nitrogen and oxygen atoms in total. The van der Waals surface area contributed by atoms with Gasteiger partial charge in [0.05, 0.1) is 5.51 Å². The van der Waals surface area contributed by atoms with E-state index in [9.17, 15) is 4.79 Å². The van der Waals surface area contributed by atoms with Gasteiger partial charge in [-0.1, -0.05) is 0 Å². The Kier molecular flexibility index (Phi) is 3.02. The number of hydrogen-bond donors (Lipinski definition) is 2. The smallest absolute Gasteiger partial charge is 0.270 e. The second-order valence-corrected chi connectivity index (χ2v) is 4.75. The van der Waals surface area contributed by atoms with Crippen LogP contribution in [0.25, 0.3) is 0 Å². The first-order valence-corrected chi connectivity index (χ1v) is 5.97. The van der Waals surface area contributed by atoms with Crippen molar-refractivity contribution in [3.05, 3.63) is 16.6 Å². The summed E-state index contributed by atoms with van der Waals surface area (Å²) in [6, 6.07) is 0. The van der Waals surface area contributed by atoms with E-state index < -0.39 is 0 Å². The average molecular weight is 226 g/mol. The van der Waals surface area contributed by atoms with E-state index in [0.29, 0.717) is 12.2 Å². The molecule has 0 atom stereocenters. The molecule has 1 aromatic rings. The first-order chi connectivity index (χ1) is 7.26. The summed E-state index contributed by atoms with van der Waals surface area (Å²) in [6.45, 7) is 0.858. The molecule has 2 N–H and O–H groups in total. The van der Waals surface area contributed by atoms with Crippen molar-refractivity contribution in [2.24, 2.45) is 5.41 Å². The SMILES string of the molecule is O=C(NCC1(CCO)CC1)c1cscn1. The maximum atomic E-state index is 11.6. The first-order valence-electron chi connectivity index (χ1n) is 5.03. The molecule has 1 saturated carbocycles. The molecule has 0 bridgehead atoms. The van der Waals surface area contributed by atoms with E-state index >= 15 is 0 Å². The van der Waals surface area contributed by atoms with Gasteiger partial charge < -0.3 is 10.4 Å². The number of thiazole rings is 1. The van der Waals surface area contributed by atoms with Gasteiger partial charge in [-0.15, -0.1) is 11.3 Å². The van der Waals surface area contributed by atoms with Crippen LogP contribution >= 0.6 is 11.3 Å². The predicted molar refractivity (Wildman–Crippen MR) is 57.8 cm³/mol. The highest BCUT2D eigenvalue weighted by atomic mass is 32.1. The van der Waals surface area contributed by atoms with E-state index in [1.54, 1.807) is 10.9 Å². The van der Waals surface area contributed by atoms with Crippen LogP contribution in [-0.2, 0) is 0 Å². The van der Waals surface area contributed by atoms with Crippen molar-refractivity contribution < 1.29 is 9.90 Å². The van der Waals surface area contributed by atoms with Crippen molar-refractivity contribution >= 4 is 17.2 Å². The van der Waals surface area contributed by atoms with Crippen LogP contribution in [0.4, 0.5) is 0 Å². The van der Waals surface area contributed by atoms with Crippen LogP contribution in [0.5, 0.6) is 0 Å². The minimum absolute atomic E-state index is 0.111. The van der Waals surface area contributed by atoms with Crippen LogP contribution in [0.1, 0.15) is 29.8 Å². The van der Waals surface area contributed by atoms with Crippen LogP contribution in [0.3, 0.4) is 0 Å². The molecule has 15 heavy (non-hydrogen) atoms. The number of amides is 1. The molecule has 5 heteroatoms. The lowest BCUT2D eigenvalue weighted by Crippen LogP contribution is -2.30. The van der Waals surface area contributed by atoms with Gasteiger partial charge in [-0.25, -0.2) is 4.98 Å². The number of carbonyl (C=O) groups excluding carboxylic acids is 1. The van der Waals surface area contributed by atoms with E-state index in [-0.39, 0.29) is 17.9 Å². The molecule has 1 aliphatic carbocycles. The lowest BCUT2D eigenvalue weighted by atomic mass is 10.0. The second kappa shape index (κ2) is 4.28. The minimum atomic E-state index is -0.111. The minimum Gasteiger partial charge on any atom is -0.396 e. The van der Waals surface area contributed by atoms with Crippen molar-refractivity contribution in [3.8, 4) is 0 Å². The zero-order chi connectivity index (χ0) is 10.7. The van der Waals surface area contributed by atoms with Crippen molar-refractivity contribution in [1.29, 1.82) is 0 Å². The van der Waals surface area contributed by atoms with Crippen molar-refractivity contribution in [2.75, 3.05) is 13.2 Å². The Hall–Kier alpha value is -0.940. The fourth-order valence-electron chi connectivity index (χ4n) is 1.61. The number of aliphatic hydroxyl groups is 1. The van der Waals surface area contributed by atoms with Gasteiger partial charge in [0.1, 0.15) is 5.69 Å². The third kappa shape index (κ3) is 2.54. The van der Waals surface area contributed by atoms with E-state index in [2.05, 4.69) is 10.3 Å².